The van der Waals surface area contributed by atoms with Crippen LogP contribution in [0.25, 0.3) is 11.1 Å². The molecule has 77 heavy (non-hydrogen) atoms. The summed E-state index contributed by atoms with van der Waals surface area (Å²) in [5, 5.41) is 4.98. The normalized spacial score (nSPS) is 19.1. The van der Waals surface area contributed by atoms with Crippen molar-refractivity contribution < 1.29 is 0 Å². The van der Waals surface area contributed by atoms with E-state index in [1.54, 1.807) is 5.57 Å². The molecule has 422 valence electrons. The predicted molar refractivity (Wildman–Crippen MR) is 346 cm³/mol. The summed E-state index contributed by atoms with van der Waals surface area (Å²) in [6.45, 7) is 14.4. The van der Waals surface area contributed by atoms with Crippen LogP contribution in [0.5, 0.6) is 0 Å². The summed E-state index contributed by atoms with van der Waals surface area (Å²) in [6, 6.07) is 17.8. The van der Waals surface area contributed by atoms with Crippen molar-refractivity contribution in [1.82, 2.24) is 0 Å². The Balaban J connectivity index is 0.00000961. The van der Waals surface area contributed by atoms with E-state index < -0.39 is 0 Å². The summed E-state index contributed by atoms with van der Waals surface area (Å²) in [5.41, 5.74) is 12.7. The van der Waals surface area contributed by atoms with Gasteiger partial charge in [0.15, 0.2) is 0 Å². The molecule has 0 fully saturated rings. The van der Waals surface area contributed by atoms with Crippen molar-refractivity contribution in [1.29, 1.82) is 0 Å². The molecule has 3 aliphatic carbocycles. The van der Waals surface area contributed by atoms with Crippen LogP contribution in [0.15, 0.2) is 140 Å². The van der Waals surface area contributed by atoms with Crippen LogP contribution in [0, 0.1) is 16.7 Å². The molecule has 0 aromatic heterocycles. The molecule has 2 heterocycles. The maximum Gasteiger partial charge on any atom is 0.0716 e. The second-order valence-electron chi connectivity index (χ2n) is 25.4. The van der Waals surface area contributed by atoms with E-state index in [1.165, 1.54) is 274 Å². The molecule has 0 N–H and O–H groups in total. The van der Waals surface area contributed by atoms with Gasteiger partial charge < -0.3 is 0 Å². The number of fused-ring (bicyclic) bond motifs is 4. The van der Waals surface area contributed by atoms with Gasteiger partial charge in [-0.25, -0.2) is 9.98 Å². The predicted octanol–water partition coefficient (Wildman–Crippen LogP) is 21.2. The van der Waals surface area contributed by atoms with E-state index in [0.29, 0.717) is 5.92 Å². The molecule has 0 bridgehead atoms. The molecule has 2 aromatic rings. The molecule has 0 spiro atoms. The lowest BCUT2D eigenvalue weighted by molar-refractivity contribution is 0.463. The van der Waals surface area contributed by atoms with Gasteiger partial charge in [-0.3, -0.25) is 0 Å². The Morgan fingerprint density at radius 3 is 1.48 bits per heavy atom. The van der Waals surface area contributed by atoms with Crippen LogP contribution >= 0.6 is 24.0 Å². The third-order valence-corrected chi connectivity index (χ3v) is 18.0. The SMILES string of the molecule is CCCCCCCCCCCCCCCCCCC1=C(C=CC2=CC(=CC=C3C(CCCCCCCCCCCCCCCCCC)C4=c5ccccc5=NC4=CC3(C)C)CCC2)C(C)(C)C=C2N=c3ccccc3=C21.I. The fourth-order valence-corrected chi connectivity index (χ4v) is 13.6. The van der Waals surface area contributed by atoms with Gasteiger partial charge in [-0.15, -0.1) is 24.0 Å². The fourth-order valence-electron chi connectivity index (χ4n) is 13.6. The second kappa shape index (κ2) is 34.1. The number of hydrogen-bond donors (Lipinski definition) is 0. The highest BCUT2D eigenvalue weighted by Crippen LogP contribution is 2.49. The second-order valence-corrected chi connectivity index (χ2v) is 25.4. The summed E-state index contributed by atoms with van der Waals surface area (Å²) in [5.74, 6) is 0.397. The van der Waals surface area contributed by atoms with Crippen molar-refractivity contribution in [2.75, 3.05) is 0 Å². The maximum atomic E-state index is 5.24. The molecular formula is C74H109IN2. The van der Waals surface area contributed by atoms with Crippen LogP contribution in [-0.4, -0.2) is 0 Å². The van der Waals surface area contributed by atoms with Crippen LogP contribution in [0.3, 0.4) is 0 Å². The molecular weight excluding hydrogens is 1040 g/mol. The lowest BCUT2D eigenvalue weighted by atomic mass is 9.67. The summed E-state index contributed by atoms with van der Waals surface area (Å²) in [7, 11) is 0. The fraction of sp³-hybridized carbons (Fsp3) is 0.622. The Bertz CT molecular complexity index is 2620. The largest absolute Gasteiger partial charge is 0.248 e. The third kappa shape index (κ3) is 19.4. The summed E-state index contributed by atoms with van der Waals surface area (Å²) in [6.07, 6.45) is 68.3. The highest BCUT2D eigenvalue weighted by atomic mass is 127. The number of para-hydroxylation sites is 2. The Kier molecular flexibility index (Phi) is 27.8. The van der Waals surface area contributed by atoms with Gasteiger partial charge in [0.25, 0.3) is 0 Å². The molecule has 0 radical (unpaired) electrons. The minimum Gasteiger partial charge on any atom is -0.248 e. The van der Waals surface area contributed by atoms with Crippen molar-refractivity contribution in [2.45, 2.75) is 279 Å². The van der Waals surface area contributed by atoms with E-state index in [0.717, 1.165) is 30.0 Å². The zero-order valence-corrected chi connectivity index (χ0v) is 52.5. The first kappa shape index (κ1) is 62.9. The molecule has 3 heteroatoms. The van der Waals surface area contributed by atoms with Crippen molar-refractivity contribution >= 4 is 35.1 Å². The van der Waals surface area contributed by atoms with Gasteiger partial charge in [0, 0.05) is 32.8 Å². The van der Waals surface area contributed by atoms with Crippen molar-refractivity contribution in [2.24, 2.45) is 26.7 Å². The molecule has 2 aliphatic heterocycles. The zero-order valence-electron chi connectivity index (χ0n) is 50.2. The molecule has 1 atom stereocenters. The monoisotopic (exact) mass is 1150 g/mol. The first-order valence-corrected chi connectivity index (χ1v) is 32.6. The Hall–Kier alpha value is -3.31. The number of allylic oxidation sites excluding steroid dienone is 13. The van der Waals surface area contributed by atoms with E-state index in [4.69, 9.17) is 9.98 Å². The molecule has 0 saturated heterocycles. The van der Waals surface area contributed by atoms with Gasteiger partial charge in [-0.1, -0.05) is 313 Å². The van der Waals surface area contributed by atoms with Crippen LogP contribution < -0.4 is 21.2 Å². The molecule has 1 unspecified atom stereocenters. The van der Waals surface area contributed by atoms with Crippen molar-refractivity contribution in [3.05, 3.63) is 151 Å². The number of nitrogens with zero attached hydrogens (tertiary/aromatic N) is 2. The van der Waals surface area contributed by atoms with E-state index in [2.05, 4.69) is 133 Å². The topological polar surface area (TPSA) is 24.7 Å². The van der Waals surface area contributed by atoms with E-state index in [1.807, 2.05) is 0 Å². The van der Waals surface area contributed by atoms with Gasteiger partial charge in [0.05, 0.1) is 22.1 Å². The average Bonchev–Trinajstić information content (AvgIpc) is 4.18. The number of benzene rings is 2. The van der Waals surface area contributed by atoms with Crippen molar-refractivity contribution in [3.63, 3.8) is 0 Å². The summed E-state index contributed by atoms with van der Waals surface area (Å²) in [4.78, 5) is 10.5. The summed E-state index contributed by atoms with van der Waals surface area (Å²) >= 11 is 0. The lowest BCUT2D eigenvalue weighted by Crippen LogP contribution is -2.30. The highest BCUT2D eigenvalue weighted by Gasteiger charge is 2.38. The van der Waals surface area contributed by atoms with Gasteiger partial charge in [0.1, 0.15) is 0 Å². The van der Waals surface area contributed by atoms with Crippen LogP contribution in [-0.2, 0) is 0 Å². The highest BCUT2D eigenvalue weighted by molar-refractivity contribution is 14.0. The quantitative estimate of drug-likeness (QED) is 0.0476. The molecule has 2 nitrogen and oxygen atoms in total. The molecule has 7 rings (SSSR count). The average molecular weight is 1150 g/mol. The maximum absolute atomic E-state index is 5.24. The Labute approximate surface area is 489 Å². The van der Waals surface area contributed by atoms with Gasteiger partial charge in [0.2, 0.25) is 0 Å². The Morgan fingerprint density at radius 1 is 0.481 bits per heavy atom. The van der Waals surface area contributed by atoms with E-state index >= 15 is 0 Å². The minimum atomic E-state index is -0.0905. The van der Waals surface area contributed by atoms with Gasteiger partial charge in [-0.05, 0) is 90.7 Å². The zero-order chi connectivity index (χ0) is 53.3. The van der Waals surface area contributed by atoms with Crippen LogP contribution in [0.2, 0.25) is 0 Å². The van der Waals surface area contributed by atoms with Gasteiger partial charge >= 0.3 is 0 Å². The first-order valence-electron chi connectivity index (χ1n) is 32.6. The lowest BCUT2D eigenvalue weighted by Gasteiger charge is -2.37. The molecule has 5 aliphatic rings. The molecule has 0 saturated carbocycles. The van der Waals surface area contributed by atoms with E-state index in [9.17, 15) is 0 Å². The standard InChI is InChI=1S/C74H108N2.HI/c1-7-9-11-13-15-17-19-21-23-25-27-29-31-33-35-37-46-61-65(73(3,4)57-69-71(61)63-48-39-41-50-67(63)75-69)54-52-59-44-43-45-60(56-59)53-55-66-62(72-64-49-40-42-51-68(64)76-70(72)58-74(66,5)6)47-38-36-34-32-30-28-26-24-22-20-18-16-14-12-10-8-2;/h39-42,48-58,61H,7-38,43-47H2,1-6H3;1H. The smallest absolute Gasteiger partial charge is 0.0716 e. The van der Waals surface area contributed by atoms with E-state index in [-0.39, 0.29) is 34.8 Å². The first-order chi connectivity index (χ1) is 37.2. The number of halogens is 1. The van der Waals surface area contributed by atoms with Crippen LogP contribution in [0.1, 0.15) is 279 Å². The number of rotatable bonds is 37. The number of unbranched alkanes of at least 4 members (excludes halogenated alkanes) is 30. The van der Waals surface area contributed by atoms with Crippen molar-refractivity contribution in [3.8, 4) is 0 Å². The molecule has 0 amide bonds. The Morgan fingerprint density at radius 2 is 0.935 bits per heavy atom. The van der Waals surface area contributed by atoms with Crippen LogP contribution in [0.4, 0.5) is 0 Å². The third-order valence-electron chi connectivity index (χ3n) is 18.0. The van der Waals surface area contributed by atoms with Gasteiger partial charge in [-0.2, -0.15) is 0 Å². The molecule has 2 aromatic carbocycles. The minimum absolute atomic E-state index is 0. The number of hydrogen-bond acceptors (Lipinski definition) is 2. The summed E-state index contributed by atoms with van der Waals surface area (Å²) < 4.78 is 0.